The second-order valence-corrected chi connectivity index (χ2v) is 5.58. The van der Waals surface area contributed by atoms with E-state index in [1.165, 1.54) is 11.1 Å². The van der Waals surface area contributed by atoms with Crippen LogP contribution >= 0.6 is 0 Å². The first kappa shape index (κ1) is 16.2. The summed E-state index contributed by atoms with van der Waals surface area (Å²) in [6.45, 7) is 13.7. The van der Waals surface area contributed by atoms with Gasteiger partial charge in [0.1, 0.15) is 5.82 Å². The molecule has 1 aromatic rings. The molecule has 3 rings (SSSR count). The van der Waals surface area contributed by atoms with E-state index >= 15 is 0 Å². The third-order valence-corrected chi connectivity index (χ3v) is 3.83. The maximum absolute atomic E-state index is 5.81. The Kier molecular flexibility index (Phi) is 5.59. The molecule has 1 saturated heterocycles. The fourth-order valence-electron chi connectivity index (χ4n) is 3.01. The fraction of sp³-hybridized carbons (Fsp3) is 0.706. The molecule has 2 aliphatic heterocycles. The number of aromatic nitrogens is 1. The highest BCUT2D eigenvalue weighted by molar-refractivity contribution is 5.53. The number of anilines is 1. The quantitative estimate of drug-likeness (QED) is 0.837. The van der Waals surface area contributed by atoms with Crippen molar-refractivity contribution in [3.8, 4) is 0 Å². The van der Waals surface area contributed by atoms with Crippen LogP contribution in [0.2, 0.25) is 0 Å². The Labute approximate surface area is 128 Å². The molecule has 4 nitrogen and oxygen atoms in total. The molecule has 0 radical (unpaired) electrons. The maximum atomic E-state index is 5.81. The van der Waals surface area contributed by atoms with Crippen molar-refractivity contribution >= 4 is 5.82 Å². The Morgan fingerprint density at radius 1 is 1.19 bits per heavy atom. The summed E-state index contributed by atoms with van der Waals surface area (Å²) in [7, 11) is 0. The number of rotatable bonds is 2. The molecule has 0 bridgehead atoms. The smallest absolute Gasteiger partial charge is 0.134 e. The second kappa shape index (κ2) is 7.23. The molecule has 0 amide bonds. The Bertz CT molecular complexity index is 466. The highest BCUT2D eigenvalue weighted by Crippen LogP contribution is 2.31. The van der Waals surface area contributed by atoms with Gasteiger partial charge in [-0.2, -0.15) is 0 Å². The van der Waals surface area contributed by atoms with E-state index in [0.29, 0.717) is 6.61 Å². The van der Waals surface area contributed by atoms with Crippen molar-refractivity contribution < 1.29 is 9.47 Å². The topological polar surface area (TPSA) is 34.6 Å². The Balaban J connectivity index is 0.000000774. The van der Waals surface area contributed by atoms with Gasteiger partial charge in [-0.1, -0.05) is 20.8 Å². The minimum Gasteiger partial charge on any atom is -0.372 e. The fourth-order valence-corrected chi connectivity index (χ4v) is 3.01. The predicted molar refractivity (Wildman–Crippen MR) is 85.7 cm³/mol. The molecule has 0 saturated carbocycles. The molecule has 1 fully saturated rings. The van der Waals surface area contributed by atoms with Gasteiger partial charge in [0.25, 0.3) is 0 Å². The van der Waals surface area contributed by atoms with Gasteiger partial charge in [0, 0.05) is 24.3 Å². The normalized spacial score (nSPS) is 24.3. The number of fused-ring (bicyclic) bond motifs is 1. The molecule has 2 atom stereocenters. The van der Waals surface area contributed by atoms with Crippen molar-refractivity contribution in [2.75, 3.05) is 18.0 Å². The number of pyridine rings is 1. The molecule has 2 aliphatic rings. The summed E-state index contributed by atoms with van der Waals surface area (Å²) in [6, 6.07) is 2.19. The Morgan fingerprint density at radius 3 is 2.48 bits per heavy atom. The van der Waals surface area contributed by atoms with E-state index in [9.17, 15) is 0 Å². The number of ether oxygens (including phenoxy) is 2. The van der Waals surface area contributed by atoms with Gasteiger partial charge in [0.15, 0.2) is 0 Å². The predicted octanol–water partition coefficient (Wildman–Crippen LogP) is 3.31. The molecule has 21 heavy (non-hydrogen) atoms. The zero-order chi connectivity index (χ0) is 15.4. The standard InChI is InChI=1S/C15H22N2O2.C2H6/c1-4-13-5-12-8-18-9-14(12)15(16-13)17-6-10(2)19-11(3)7-17;1-2/h5,10-11H,4,6-9H2,1-3H3;1-2H3. The van der Waals surface area contributed by atoms with E-state index in [2.05, 4.69) is 31.7 Å². The number of nitrogens with zero attached hydrogens (tertiary/aromatic N) is 2. The minimum absolute atomic E-state index is 0.258. The van der Waals surface area contributed by atoms with E-state index in [0.717, 1.165) is 37.6 Å². The van der Waals surface area contributed by atoms with Crippen LogP contribution in [-0.4, -0.2) is 30.3 Å². The van der Waals surface area contributed by atoms with Gasteiger partial charge in [-0.3, -0.25) is 0 Å². The third-order valence-electron chi connectivity index (χ3n) is 3.83. The highest BCUT2D eigenvalue weighted by Gasteiger charge is 2.27. The number of aryl methyl sites for hydroxylation is 1. The molecule has 3 heterocycles. The van der Waals surface area contributed by atoms with Crippen LogP contribution in [0.15, 0.2) is 6.07 Å². The summed E-state index contributed by atoms with van der Waals surface area (Å²) < 4.78 is 11.4. The largest absolute Gasteiger partial charge is 0.372 e. The number of hydrogen-bond acceptors (Lipinski definition) is 4. The Morgan fingerprint density at radius 2 is 1.86 bits per heavy atom. The van der Waals surface area contributed by atoms with Gasteiger partial charge in [-0.05, 0) is 31.9 Å². The van der Waals surface area contributed by atoms with Crippen molar-refractivity contribution in [1.82, 2.24) is 4.98 Å². The zero-order valence-electron chi connectivity index (χ0n) is 14.0. The van der Waals surface area contributed by atoms with Crippen molar-refractivity contribution in [3.05, 3.63) is 22.9 Å². The average Bonchev–Trinajstić information content (AvgIpc) is 2.95. The lowest BCUT2D eigenvalue weighted by Crippen LogP contribution is -2.46. The van der Waals surface area contributed by atoms with Crippen molar-refractivity contribution in [1.29, 1.82) is 0 Å². The van der Waals surface area contributed by atoms with E-state index in [1.54, 1.807) is 0 Å². The molecule has 0 aromatic carbocycles. The molecular formula is C17H28N2O2. The molecular weight excluding hydrogens is 264 g/mol. The van der Waals surface area contributed by atoms with E-state index in [1.807, 2.05) is 13.8 Å². The third kappa shape index (κ3) is 3.55. The molecule has 0 N–H and O–H groups in total. The monoisotopic (exact) mass is 292 g/mol. The molecule has 0 aliphatic carbocycles. The van der Waals surface area contributed by atoms with Crippen LogP contribution in [0.4, 0.5) is 5.82 Å². The summed E-state index contributed by atoms with van der Waals surface area (Å²) in [4.78, 5) is 7.21. The first-order valence-corrected chi connectivity index (χ1v) is 8.17. The summed E-state index contributed by atoms with van der Waals surface area (Å²) >= 11 is 0. The lowest BCUT2D eigenvalue weighted by molar-refractivity contribution is -0.00557. The minimum atomic E-state index is 0.258. The van der Waals surface area contributed by atoms with Crippen LogP contribution in [-0.2, 0) is 29.1 Å². The van der Waals surface area contributed by atoms with Gasteiger partial charge in [-0.15, -0.1) is 0 Å². The lowest BCUT2D eigenvalue weighted by atomic mass is 10.1. The summed E-state index contributed by atoms with van der Waals surface area (Å²) in [6.07, 6.45) is 1.48. The van der Waals surface area contributed by atoms with Gasteiger partial charge >= 0.3 is 0 Å². The van der Waals surface area contributed by atoms with Crippen molar-refractivity contribution in [2.24, 2.45) is 0 Å². The molecule has 0 spiro atoms. The molecule has 118 valence electrons. The van der Waals surface area contributed by atoms with E-state index < -0.39 is 0 Å². The van der Waals surface area contributed by atoms with Crippen LogP contribution in [0.25, 0.3) is 0 Å². The summed E-state index contributed by atoms with van der Waals surface area (Å²) in [5.74, 6) is 1.12. The maximum Gasteiger partial charge on any atom is 0.134 e. The van der Waals surface area contributed by atoms with Gasteiger partial charge < -0.3 is 14.4 Å². The highest BCUT2D eigenvalue weighted by atomic mass is 16.5. The summed E-state index contributed by atoms with van der Waals surface area (Å²) in [5, 5.41) is 0. The van der Waals surface area contributed by atoms with Crippen LogP contribution in [0, 0.1) is 0 Å². The zero-order valence-corrected chi connectivity index (χ0v) is 14.0. The number of morpholine rings is 1. The lowest BCUT2D eigenvalue weighted by Gasteiger charge is -2.37. The Hall–Kier alpha value is -1.13. The van der Waals surface area contributed by atoms with Crippen molar-refractivity contribution in [3.63, 3.8) is 0 Å². The van der Waals surface area contributed by atoms with Gasteiger partial charge in [0.05, 0.1) is 25.4 Å². The first-order valence-electron chi connectivity index (χ1n) is 8.17. The van der Waals surface area contributed by atoms with Gasteiger partial charge in [-0.25, -0.2) is 4.98 Å². The van der Waals surface area contributed by atoms with Gasteiger partial charge in [0.2, 0.25) is 0 Å². The van der Waals surface area contributed by atoms with Crippen LogP contribution in [0.5, 0.6) is 0 Å². The van der Waals surface area contributed by atoms with Crippen LogP contribution < -0.4 is 4.90 Å². The molecule has 2 unspecified atom stereocenters. The molecule has 1 aromatic heterocycles. The van der Waals surface area contributed by atoms with E-state index in [4.69, 9.17) is 14.5 Å². The van der Waals surface area contributed by atoms with Crippen LogP contribution in [0.3, 0.4) is 0 Å². The van der Waals surface area contributed by atoms with Crippen LogP contribution in [0.1, 0.15) is 51.4 Å². The molecule has 4 heteroatoms. The second-order valence-electron chi connectivity index (χ2n) is 5.58. The van der Waals surface area contributed by atoms with E-state index in [-0.39, 0.29) is 12.2 Å². The van der Waals surface area contributed by atoms with Crippen molar-refractivity contribution in [2.45, 2.75) is 66.5 Å². The number of hydrogen-bond donors (Lipinski definition) is 0. The first-order chi connectivity index (χ1) is 10.2. The SMILES string of the molecule is CC.CCc1cc2c(c(N3CC(C)OC(C)C3)n1)COC2. The summed E-state index contributed by atoms with van der Waals surface area (Å²) in [5.41, 5.74) is 3.75. The average molecular weight is 292 g/mol.